The van der Waals surface area contributed by atoms with E-state index >= 15 is 0 Å². The standard InChI is InChI=1S/C17H19FN2O4S/c1-24-10-9-20-25(22,23)15-7-4-6-13(11-15)17(21)19-12-14-5-2-3-8-16(14)18/h2-8,11,20H,9-10,12H2,1H3,(H,19,21). The molecule has 2 rings (SSSR count). The lowest BCUT2D eigenvalue weighted by atomic mass is 10.2. The molecule has 2 N–H and O–H groups in total. The molecule has 1 amide bonds. The largest absolute Gasteiger partial charge is 0.383 e. The van der Waals surface area contributed by atoms with E-state index in [9.17, 15) is 17.6 Å². The number of carbonyl (C=O) groups excluding carboxylic acids is 1. The van der Waals surface area contributed by atoms with Gasteiger partial charge in [0.1, 0.15) is 5.82 Å². The maximum Gasteiger partial charge on any atom is 0.251 e. The average Bonchev–Trinajstić information content (AvgIpc) is 2.61. The molecule has 25 heavy (non-hydrogen) atoms. The molecule has 0 fully saturated rings. The van der Waals surface area contributed by atoms with Crippen molar-refractivity contribution in [3.05, 3.63) is 65.5 Å². The van der Waals surface area contributed by atoms with Crippen LogP contribution in [-0.2, 0) is 21.3 Å². The summed E-state index contributed by atoms with van der Waals surface area (Å²) in [7, 11) is -2.27. The molecule has 134 valence electrons. The van der Waals surface area contributed by atoms with Crippen molar-refractivity contribution in [2.24, 2.45) is 0 Å². The minimum atomic E-state index is -3.73. The molecule has 2 aromatic carbocycles. The van der Waals surface area contributed by atoms with Crippen LogP contribution in [0.15, 0.2) is 53.4 Å². The summed E-state index contributed by atoms with van der Waals surface area (Å²) >= 11 is 0. The summed E-state index contributed by atoms with van der Waals surface area (Å²) in [5, 5.41) is 2.57. The summed E-state index contributed by atoms with van der Waals surface area (Å²) in [5.41, 5.74) is 0.520. The highest BCUT2D eigenvalue weighted by Crippen LogP contribution is 2.12. The van der Waals surface area contributed by atoms with Gasteiger partial charge in [-0.15, -0.1) is 0 Å². The van der Waals surface area contributed by atoms with Gasteiger partial charge in [0.15, 0.2) is 0 Å². The van der Waals surface area contributed by atoms with Gasteiger partial charge in [0.25, 0.3) is 5.91 Å². The lowest BCUT2D eigenvalue weighted by Gasteiger charge is -2.09. The number of benzene rings is 2. The Morgan fingerprint density at radius 3 is 2.64 bits per heavy atom. The number of hydrogen-bond acceptors (Lipinski definition) is 4. The predicted molar refractivity (Wildman–Crippen MR) is 91.1 cm³/mol. The van der Waals surface area contributed by atoms with Crippen LogP contribution < -0.4 is 10.0 Å². The van der Waals surface area contributed by atoms with E-state index in [4.69, 9.17) is 4.74 Å². The summed E-state index contributed by atoms with van der Waals surface area (Å²) in [6, 6.07) is 11.7. The minimum absolute atomic E-state index is 0.00851. The molecule has 0 atom stereocenters. The maximum absolute atomic E-state index is 13.6. The van der Waals surface area contributed by atoms with Gasteiger partial charge < -0.3 is 10.1 Å². The summed E-state index contributed by atoms with van der Waals surface area (Å²) in [5.74, 6) is -0.904. The van der Waals surface area contributed by atoms with E-state index in [1.807, 2.05) is 0 Å². The Balaban J connectivity index is 2.07. The van der Waals surface area contributed by atoms with Gasteiger partial charge in [-0.3, -0.25) is 4.79 Å². The number of halogens is 1. The highest BCUT2D eigenvalue weighted by molar-refractivity contribution is 7.89. The Morgan fingerprint density at radius 1 is 1.16 bits per heavy atom. The number of methoxy groups -OCH3 is 1. The molecule has 0 saturated heterocycles. The van der Waals surface area contributed by atoms with Crippen LogP contribution in [0.4, 0.5) is 4.39 Å². The second kappa shape index (κ2) is 8.70. The van der Waals surface area contributed by atoms with Crippen molar-refractivity contribution in [1.29, 1.82) is 0 Å². The van der Waals surface area contributed by atoms with Crippen molar-refractivity contribution in [2.75, 3.05) is 20.3 Å². The molecular formula is C17H19FN2O4S. The first-order valence-electron chi connectivity index (χ1n) is 7.54. The molecule has 8 heteroatoms. The van der Waals surface area contributed by atoms with Crippen molar-refractivity contribution in [1.82, 2.24) is 10.0 Å². The lowest BCUT2D eigenvalue weighted by molar-refractivity contribution is 0.0950. The quantitative estimate of drug-likeness (QED) is 0.696. The molecule has 0 bridgehead atoms. The number of rotatable bonds is 8. The Labute approximate surface area is 146 Å². The number of hydrogen-bond donors (Lipinski definition) is 2. The van der Waals surface area contributed by atoms with Crippen molar-refractivity contribution < 1.29 is 22.3 Å². The highest BCUT2D eigenvalue weighted by Gasteiger charge is 2.16. The zero-order valence-electron chi connectivity index (χ0n) is 13.7. The number of amides is 1. The van der Waals surface area contributed by atoms with Crippen molar-refractivity contribution in [2.45, 2.75) is 11.4 Å². The molecule has 0 spiro atoms. The molecule has 0 aromatic heterocycles. The van der Waals surface area contributed by atoms with Gasteiger partial charge in [0.2, 0.25) is 10.0 Å². The third-order valence-electron chi connectivity index (χ3n) is 3.40. The van der Waals surface area contributed by atoms with Crippen LogP contribution in [-0.4, -0.2) is 34.6 Å². The summed E-state index contributed by atoms with van der Waals surface area (Å²) < 4.78 is 45.0. The molecule has 0 heterocycles. The van der Waals surface area contributed by atoms with Crippen LogP contribution in [0.3, 0.4) is 0 Å². The first-order chi connectivity index (χ1) is 11.9. The van der Waals surface area contributed by atoms with Crippen molar-refractivity contribution in [3.63, 3.8) is 0 Å². The summed E-state index contributed by atoms with van der Waals surface area (Å²) in [6.07, 6.45) is 0. The number of sulfonamides is 1. The number of nitrogens with one attached hydrogen (secondary N) is 2. The van der Waals surface area contributed by atoms with E-state index in [-0.39, 0.29) is 30.2 Å². The van der Waals surface area contributed by atoms with Crippen LogP contribution in [0.25, 0.3) is 0 Å². The Morgan fingerprint density at radius 2 is 1.92 bits per heavy atom. The van der Waals surface area contributed by atoms with Gasteiger partial charge in [0, 0.05) is 31.3 Å². The topological polar surface area (TPSA) is 84.5 Å². The normalized spacial score (nSPS) is 11.3. The first kappa shape index (κ1) is 19.0. The van der Waals surface area contributed by atoms with Gasteiger partial charge >= 0.3 is 0 Å². The molecule has 0 radical (unpaired) electrons. The second-order valence-corrected chi connectivity index (χ2v) is 6.96. The van der Waals surface area contributed by atoms with Crippen LogP contribution in [0.2, 0.25) is 0 Å². The average molecular weight is 366 g/mol. The van der Waals surface area contributed by atoms with Crippen molar-refractivity contribution >= 4 is 15.9 Å². The van der Waals surface area contributed by atoms with Crippen LogP contribution >= 0.6 is 0 Å². The van der Waals surface area contributed by atoms with E-state index in [0.29, 0.717) is 5.56 Å². The maximum atomic E-state index is 13.6. The molecule has 2 aromatic rings. The molecular weight excluding hydrogens is 347 g/mol. The fraction of sp³-hybridized carbons (Fsp3) is 0.235. The van der Waals surface area contributed by atoms with Crippen LogP contribution in [0, 0.1) is 5.82 Å². The third-order valence-corrected chi connectivity index (χ3v) is 4.86. The summed E-state index contributed by atoms with van der Waals surface area (Å²) in [4.78, 5) is 12.2. The fourth-order valence-electron chi connectivity index (χ4n) is 2.09. The first-order valence-corrected chi connectivity index (χ1v) is 9.02. The molecule has 0 aliphatic rings. The Bertz CT molecular complexity index is 840. The van der Waals surface area contributed by atoms with Gasteiger partial charge in [-0.05, 0) is 24.3 Å². The van der Waals surface area contributed by atoms with E-state index in [1.165, 1.54) is 37.4 Å². The van der Waals surface area contributed by atoms with E-state index < -0.39 is 21.7 Å². The van der Waals surface area contributed by atoms with Crippen LogP contribution in [0.1, 0.15) is 15.9 Å². The number of carbonyl (C=O) groups is 1. The van der Waals surface area contributed by atoms with E-state index in [2.05, 4.69) is 10.0 Å². The number of ether oxygens (including phenoxy) is 1. The molecule has 0 unspecified atom stereocenters. The van der Waals surface area contributed by atoms with Crippen molar-refractivity contribution in [3.8, 4) is 0 Å². The predicted octanol–water partition coefficient (Wildman–Crippen LogP) is 1.68. The van der Waals surface area contributed by atoms with E-state index in [0.717, 1.165) is 0 Å². The summed E-state index contributed by atoms with van der Waals surface area (Å²) in [6.45, 7) is 0.374. The smallest absolute Gasteiger partial charge is 0.251 e. The minimum Gasteiger partial charge on any atom is -0.383 e. The monoisotopic (exact) mass is 366 g/mol. The van der Waals surface area contributed by atoms with Gasteiger partial charge in [0.05, 0.1) is 11.5 Å². The highest BCUT2D eigenvalue weighted by atomic mass is 32.2. The fourth-order valence-corrected chi connectivity index (χ4v) is 3.14. The molecule has 6 nitrogen and oxygen atoms in total. The van der Waals surface area contributed by atoms with Gasteiger partial charge in [-0.1, -0.05) is 24.3 Å². The zero-order valence-corrected chi connectivity index (χ0v) is 14.5. The lowest BCUT2D eigenvalue weighted by Crippen LogP contribution is -2.28. The Kier molecular flexibility index (Phi) is 6.63. The third kappa shape index (κ3) is 5.35. The molecule has 0 saturated carbocycles. The molecule has 0 aliphatic heterocycles. The SMILES string of the molecule is COCCNS(=O)(=O)c1cccc(C(=O)NCc2ccccc2F)c1. The van der Waals surface area contributed by atoms with Gasteiger partial charge in [-0.25, -0.2) is 17.5 Å². The Hall–Kier alpha value is -2.29. The van der Waals surface area contributed by atoms with Crippen LogP contribution in [0.5, 0.6) is 0 Å². The second-order valence-electron chi connectivity index (χ2n) is 5.19. The van der Waals surface area contributed by atoms with Gasteiger partial charge in [-0.2, -0.15) is 0 Å². The van der Waals surface area contributed by atoms with E-state index in [1.54, 1.807) is 18.2 Å². The molecule has 0 aliphatic carbocycles. The zero-order chi connectivity index (χ0) is 18.3.